The van der Waals surface area contributed by atoms with Crippen molar-refractivity contribution in [3.8, 4) is 0 Å². The van der Waals surface area contributed by atoms with E-state index in [0.717, 1.165) is 17.0 Å². The number of aryl methyl sites for hydroxylation is 1. The molecule has 0 atom stereocenters. The highest BCUT2D eigenvalue weighted by Crippen LogP contribution is 2.25. The third-order valence-electron chi connectivity index (χ3n) is 5.75. The van der Waals surface area contributed by atoms with Crippen molar-refractivity contribution >= 4 is 5.97 Å². The van der Waals surface area contributed by atoms with Gasteiger partial charge in [0.05, 0.1) is 5.97 Å². The van der Waals surface area contributed by atoms with Crippen molar-refractivity contribution in [2.24, 2.45) is 0 Å². The standard InChI is InChI=1S/C22H30N2O2/c1-15-9-11-18(12-10-15)14-24-16(2)20(21(17(24)3)22(25)26)13-23-19-7-5-4-6-8-19/h9-12,19,23H,4-8,13-14H2,1-3H3,(H,25,26)/p-1. The van der Waals surface area contributed by atoms with Gasteiger partial charge in [0, 0.05) is 36.1 Å². The molecule has 0 unspecified atom stereocenters. The molecule has 4 heteroatoms. The second-order valence-corrected chi connectivity index (χ2v) is 7.60. The van der Waals surface area contributed by atoms with Gasteiger partial charge in [0.2, 0.25) is 0 Å². The van der Waals surface area contributed by atoms with Crippen LogP contribution in [-0.2, 0) is 13.1 Å². The highest BCUT2D eigenvalue weighted by Gasteiger charge is 2.20. The Hall–Kier alpha value is -2.07. The summed E-state index contributed by atoms with van der Waals surface area (Å²) in [7, 11) is 0. The fourth-order valence-corrected chi connectivity index (χ4v) is 4.10. The van der Waals surface area contributed by atoms with E-state index in [2.05, 4.69) is 41.1 Å². The molecule has 1 heterocycles. The van der Waals surface area contributed by atoms with Crippen LogP contribution in [0.5, 0.6) is 0 Å². The van der Waals surface area contributed by atoms with Crippen LogP contribution >= 0.6 is 0 Å². The minimum atomic E-state index is -1.08. The van der Waals surface area contributed by atoms with E-state index < -0.39 is 5.97 Å². The average Bonchev–Trinajstić information content (AvgIpc) is 2.87. The largest absolute Gasteiger partial charge is 0.545 e. The van der Waals surface area contributed by atoms with E-state index >= 15 is 0 Å². The molecular weight excluding hydrogens is 324 g/mol. The number of rotatable bonds is 6. The van der Waals surface area contributed by atoms with Crippen molar-refractivity contribution in [3.63, 3.8) is 0 Å². The van der Waals surface area contributed by atoms with Crippen LogP contribution in [0.25, 0.3) is 0 Å². The van der Waals surface area contributed by atoms with Gasteiger partial charge in [0.1, 0.15) is 0 Å². The molecule has 0 saturated heterocycles. The topological polar surface area (TPSA) is 57.1 Å². The van der Waals surface area contributed by atoms with E-state index in [1.807, 2.05) is 13.8 Å². The van der Waals surface area contributed by atoms with Gasteiger partial charge < -0.3 is 19.8 Å². The first-order valence-electron chi connectivity index (χ1n) is 9.66. The zero-order valence-electron chi connectivity index (χ0n) is 16.1. The predicted molar refractivity (Wildman–Crippen MR) is 102 cm³/mol. The highest BCUT2D eigenvalue weighted by atomic mass is 16.4. The quantitative estimate of drug-likeness (QED) is 0.867. The Kier molecular flexibility index (Phi) is 5.82. The molecule has 1 saturated carbocycles. The van der Waals surface area contributed by atoms with Crippen molar-refractivity contribution in [2.45, 2.75) is 72.0 Å². The van der Waals surface area contributed by atoms with Crippen LogP contribution in [0.15, 0.2) is 24.3 Å². The number of carboxylic acids is 1. The smallest absolute Gasteiger partial charge is 0.0736 e. The minimum Gasteiger partial charge on any atom is -0.545 e. The van der Waals surface area contributed by atoms with E-state index in [-0.39, 0.29) is 0 Å². The van der Waals surface area contributed by atoms with Crippen LogP contribution in [0.1, 0.15) is 70.5 Å². The summed E-state index contributed by atoms with van der Waals surface area (Å²) < 4.78 is 2.10. The summed E-state index contributed by atoms with van der Waals surface area (Å²) in [5.74, 6) is -1.08. The predicted octanol–water partition coefficient (Wildman–Crippen LogP) is 3.25. The third kappa shape index (κ3) is 4.01. The van der Waals surface area contributed by atoms with E-state index in [1.165, 1.54) is 43.2 Å². The van der Waals surface area contributed by atoms with Crippen molar-refractivity contribution in [3.05, 3.63) is 57.9 Å². The van der Waals surface area contributed by atoms with Crippen LogP contribution in [0.2, 0.25) is 0 Å². The normalized spacial score (nSPS) is 15.3. The monoisotopic (exact) mass is 353 g/mol. The van der Waals surface area contributed by atoms with Crippen molar-refractivity contribution in [1.29, 1.82) is 0 Å². The fourth-order valence-electron chi connectivity index (χ4n) is 4.10. The molecule has 26 heavy (non-hydrogen) atoms. The summed E-state index contributed by atoms with van der Waals surface area (Å²) in [5.41, 5.74) is 5.43. The molecule has 3 rings (SSSR count). The number of carboxylic acid groups (broad SMARTS) is 1. The Morgan fingerprint density at radius 3 is 2.35 bits per heavy atom. The first-order valence-corrected chi connectivity index (χ1v) is 9.66. The zero-order valence-corrected chi connectivity index (χ0v) is 16.1. The summed E-state index contributed by atoms with van der Waals surface area (Å²) in [6.45, 7) is 7.25. The van der Waals surface area contributed by atoms with Gasteiger partial charge in [-0.25, -0.2) is 0 Å². The Balaban J connectivity index is 1.85. The van der Waals surface area contributed by atoms with E-state index in [1.54, 1.807) is 0 Å². The molecule has 0 bridgehead atoms. The van der Waals surface area contributed by atoms with Crippen LogP contribution in [0.3, 0.4) is 0 Å². The zero-order chi connectivity index (χ0) is 18.7. The number of nitrogens with zero attached hydrogens (tertiary/aromatic N) is 1. The summed E-state index contributed by atoms with van der Waals surface area (Å²) in [6, 6.07) is 8.89. The maximum Gasteiger partial charge on any atom is 0.0736 e. The Bertz CT molecular complexity index is 768. The first-order chi connectivity index (χ1) is 12.5. The molecule has 4 nitrogen and oxygen atoms in total. The van der Waals surface area contributed by atoms with Crippen LogP contribution in [-0.4, -0.2) is 16.6 Å². The Labute approximate surface area is 156 Å². The summed E-state index contributed by atoms with van der Waals surface area (Å²) >= 11 is 0. The van der Waals surface area contributed by atoms with E-state index in [4.69, 9.17) is 0 Å². The number of carbonyl (C=O) groups is 1. The molecule has 0 aliphatic heterocycles. The van der Waals surface area contributed by atoms with Crippen molar-refractivity contribution < 1.29 is 9.90 Å². The number of hydrogen-bond acceptors (Lipinski definition) is 3. The van der Waals surface area contributed by atoms with Crippen LogP contribution < -0.4 is 10.4 Å². The SMILES string of the molecule is Cc1ccc(Cn2c(C)c(CNC3CCCCC3)c(C(=O)[O-])c2C)cc1. The molecule has 1 fully saturated rings. The van der Waals surface area contributed by atoms with Gasteiger partial charge in [-0.2, -0.15) is 0 Å². The highest BCUT2D eigenvalue weighted by molar-refractivity contribution is 5.89. The van der Waals surface area contributed by atoms with Gasteiger partial charge in [0.25, 0.3) is 0 Å². The maximum atomic E-state index is 11.8. The van der Waals surface area contributed by atoms with Gasteiger partial charge in [-0.15, -0.1) is 0 Å². The molecule has 1 aromatic heterocycles. The molecule has 140 valence electrons. The molecule has 0 amide bonds. The summed E-state index contributed by atoms with van der Waals surface area (Å²) in [5, 5.41) is 15.4. The summed E-state index contributed by atoms with van der Waals surface area (Å²) in [6.07, 6.45) is 6.20. The van der Waals surface area contributed by atoms with Gasteiger partial charge in [0.15, 0.2) is 0 Å². The third-order valence-corrected chi connectivity index (χ3v) is 5.75. The number of nitrogens with one attached hydrogen (secondary N) is 1. The van der Waals surface area contributed by atoms with E-state index in [0.29, 0.717) is 24.7 Å². The average molecular weight is 353 g/mol. The van der Waals surface area contributed by atoms with Crippen LogP contribution in [0.4, 0.5) is 0 Å². The van der Waals surface area contributed by atoms with Gasteiger partial charge in [-0.05, 0) is 44.7 Å². The van der Waals surface area contributed by atoms with Crippen molar-refractivity contribution in [1.82, 2.24) is 9.88 Å². The van der Waals surface area contributed by atoms with Gasteiger partial charge >= 0.3 is 0 Å². The van der Waals surface area contributed by atoms with Gasteiger partial charge in [-0.3, -0.25) is 0 Å². The van der Waals surface area contributed by atoms with Gasteiger partial charge in [-0.1, -0.05) is 49.1 Å². The minimum absolute atomic E-state index is 0.359. The number of aromatic carboxylic acids is 1. The maximum absolute atomic E-state index is 11.8. The Morgan fingerprint density at radius 2 is 1.73 bits per heavy atom. The number of benzene rings is 1. The molecule has 1 aliphatic rings. The molecule has 1 N–H and O–H groups in total. The molecule has 2 aromatic rings. The molecule has 1 aromatic carbocycles. The molecular formula is C22H29N2O2-. The fraction of sp³-hybridized carbons (Fsp3) is 0.500. The Morgan fingerprint density at radius 1 is 1.08 bits per heavy atom. The molecule has 0 radical (unpaired) electrons. The lowest BCUT2D eigenvalue weighted by atomic mass is 9.95. The lowest BCUT2D eigenvalue weighted by Crippen LogP contribution is -2.32. The van der Waals surface area contributed by atoms with Crippen LogP contribution in [0, 0.1) is 20.8 Å². The van der Waals surface area contributed by atoms with Crippen molar-refractivity contribution in [2.75, 3.05) is 0 Å². The summed E-state index contributed by atoms with van der Waals surface area (Å²) in [4.78, 5) is 11.8. The second kappa shape index (κ2) is 8.09. The van der Waals surface area contributed by atoms with E-state index in [9.17, 15) is 9.90 Å². The lowest BCUT2D eigenvalue weighted by molar-refractivity contribution is -0.255. The molecule has 1 aliphatic carbocycles. The lowest BCUT2D eigenvalue weighted by Gasteiger charge is -2.23. The molecule has 0 spiro atoms. The number of hydrogen-bond donors (Lipinski definition) is 1. The number of carbonyl (C=O) groups excluding carboxylic acids is 1. The second-order valence-electron chi connectivity index (χ2n) is 7.60. The first kappa shape index (κ1) is 18.7. The number of aromatic nitrogens is 1.